The molecule has 116 valence electrons. The van der Waals surface area contributed by atoms with Gasteiger partial charge in [0.25, 0.3) is 0 Å². The monoisotopic (exact) mass is 303 g/mol. The van der Waals surface area contributed by atoms with Gasteiger partial charge < -0.3 is 14.9 Å². The Hall–Kier alpha value is -2.68. The van der Waals surface area contributed by atoms with Gasteiger partial charge in [-0.05, 0) is 38.0 Å². The Balaban J connectivity index is 2.29. The summed E-state index contributed by atoms with van der Waals surface area (Å²) < 4.78 is 4.54. The molecule has 0 aliphatic heterocycles. The second kappa shape index (κ2) is 4.66. The number of fused-ring (bicyclic) bond motifs is 3. The fourth-order valence-electron chi connectivity index (χ4n) is 3.81. The predicted molar refractivity (Wildman–Crippen MR) is 98.4 cm³/mol. The number of nitrogens with two attached hydrogens (primary N) is 1. The van der Waals surface area contributed by atoms with Crippen molar-refractivity contribution in [1.29, 1.82) is 0 Å². The van der Waals surface area contributed by atoms with E-state index >= 15 is 0 Å². The van der Waals surface area contributed by atoms with Gasteiger partial charge in [-0.25, -0.2) is 0 Å². The standard InChI is InChI=1S/C20H21N3/c1-12-8-7-9-13(2)18(12)23-14(3)17(21)20-19(23)15-10-5-6-11-16(15)22(20)4/h5-11H,21H2,1-4H3. The number of aromatic nitrogens is 2. The molecule has 4 rings (SSSR count). The lowest BCUT2D eigenvalue weighted by molar-refractivity contribution is 1.02. The van der Waals surface area contributed by atoms with Gasteiger partial charge in [-0.2, -0.15) is 0 Å². The number of nitrogen functional groups attached to an aromatic ring is 1. The molecule has 0 aliphatic rings. The number of hydrogen-bond acceptors (Lipinski definition) is 1. The molecule has 3 heteroatoms. The largest absolute Gasteiger partial charge is 0.396 e. The molecule has 3 nitrogen and oxygen atoms in total. The number of nitrogens with zero attached hydrogens (tertiary/aromatic N) is 2. The van der Waals surface area contributed by atoms with E-state index in [0.717, 1.165) is 16.9 Å². The number of aryl methyl sites for hydroxylation is 3. The summed E-state index contributed by atoms with van der Waals surface area (Å²) >= 11 is 0. The van der Waals surface area contributed by atoms with E-state index in [0.29, 0.717) is 0 Å². The summed E-state index contributed by atoms with van der Waals surface area (Å²) in [6, 6.07) is 14.9. The molecule has 0 radical (unpaired) electrons. The molecule has 0 saturated heterocycles. The quantitative estimate of drug-likeness (QED) is 0.547. The third-order valence-electron chi connectivity index (χ3n) is 4.95. The number of hydrogen-bond donors (Lipinski definition) is 1. The van der Waals surface area contributed by atoms with Crippen LogP contribution in [-0.4, -0.2) is 9.13 Å². The van der Waals surface area contributed by atoms with Crippen molar-refractivity contribution in [1.82, 2.24) is 9.13 Å². The van der Waals surface area contributed by atoms with Crippen molar-refractivity contribution in [3.05, 3.63) is 59.3 Å². The molecule has 0 unspecified atom stereocenters. The van der Waals surface area contributed by atoms with Crippen LogP contribution < -0.4 is 5.73 Å². The Morgan fingerprint density at radius 1 is 0.826 bits per heavy atom. The minimum absolute atomic E-state index is 0.862. The maximum atomic E-state index is 6.50. The van der Waals surface area contributed by atoms with E-state index in [1.54, 1.807) is 0 Å². The lowest BCUT2D eigenvalue weighted by Crippen LogP contribution is -2.02. The Labute approximate surface area is 135 Å². The Bertz CT molecular complexity index is 1040. The van der Waals surface area contributed by atoms with Crippen molar-refractivity contribution >= 4 is 27.6 Å². The van der Waals surface area contributed by atoms with Gasteiger partial charge in [-0.1, -0.05) is 36.4 Å². The summed E-state index contributed by atoms with van der Waals surface area (Å²) in [6.45, 7) is 6.43. The zero-order chi connectivity index (χ0) is 16.3. The van der Waals surface area contributed by atoms with E-state index in [1.807, 2.05) is 0 Å². The van der Waals surface area contributed by atoms with E-state index in [1.165, 1.54) is 33.2 Å². The molecule has 0 bridgehead atoms. The number of rotatable bonds is 1. The van der Waals surface area contributed by atoms with E-state index < -0.39 is 0 Å². The van der Waals surface area contributed by atoms with E-state index in [-0.39, 0.29) is 0 Å². The summed E-state index contributed by atoms with van der Waals surface area (Å²) in [4.78, 5) is 0. The van der Waals surface area contributed by atoms with Crippen molar-refractivity contribution in [2.45, 2.75) is 20.8 Å². The maximum Gasteiger partial charge on any atom is 0.0911 e. The van der Waals surface area contributed by atoms with Gasteiger partial charge in [0, 0.05) is 18.1 Å². The molecule has 0 saturated carbocycles. The van der Waals surface area contributed by atoms with Gasteiger partial charge in [0.05, 0.1) is 27.9 Å². The average molecular weight is 303 g/mol. The average Bonchev–Trinajstić information content (AvgIpc) is 2.96. The van der Waals surface area contributed by atoms with Crippen LogP contribution in [-0.2, 0) is 7.05 Å². The van der Waals surface area contributed by atoms with Crippen LogP contribution in [0.4, 0.5) is 5.69 Å². The minimum atomic E-state index is 0.862. The van der Waals surface area contributed by atoms with Gasteiger partial charge in [0.2, 0.25) is 0 Å². The number of benzene rings is 2. The summed E-state index contributed by atoms with van der Waals surface area (Å²) in [5.74, 6) is 0. The van der Waals surface area contributed by atoms with Gasteiger partial charge in [-0.15, -0.1) is 0 Å². The first-order valence-electron chi connectivity index (χ1n) is 7.93. The second-order valence-corrected chi connectivity index (χ2v) is 6.35. The lowest BCUT2D eigenvalue weighted by Gasteiger charge is -2.14. The van der Waals surface area contributed by atoms with Gasteiger partial charge in [0.15, 0.2) is 0 Å². The van der Waals surface area contributed by atoms with Crippen LogP contribution in [0.25, 0.3) is 27.6 Å². The van der Waals surface area contributed by atoms with Gasteiger partial charge in [0.1, 0.15) is 0 Å². The minimum Gasteiger partial charge on any atom is -0.396 e. The fourth-order valence-corrected chi connectivity index (χ4v) is 3.81. The van der Waals surface area contributed by atoms with E-state index in [2.05, 4.69) is 79.4 Å². The highest BCUT2D eigenvalue weighted by molar-refractivity contribution is 6.12. The highest BCUT2D eigenvalue weighted by Crippen LogP contribution is 2.39. The highest BCUT2D eigenvalue weighted by Gasteiger charge is 2.21. The van der Waals surface area contributed by atoms with Gasteiger partial charge >= 0.3 is 0 Å². The number of para-hydroxylation sites is 2. The normalized spacial score (nSPS) is 11.7. The summed E-state index contributed by atoms with van der Waals surface area (Å²) in [7, 11) is 2.09. The van der Waals surface area contributed by atoms with Crippen LogP contribution in [0.5, 0.6) is 0 Å². The van der Waals surface area contributed by atoms with Crippen LogP contribution in [0, 0.1) is 20.8 Å². The molecule has 4 aromatic rings. The van der Waals surface area contributed by atoms with Crippen LogP contribution in [0.3, 0.4) is 0 Å². The van der Waals surface area contributed by atoms with Crippen LogP contribution in [0.2, 0.25) is 0 Å². The number of anilines is 1. The van der Waals surface area contributed by atoms with Crippen LogP contribution in [0.15, 0.2) is 42.5 Å². The molecular formula is C20H21N3. The molecule has 0 aliphatic carbocycles. The van der Waals surface area contributed by atoms with Crippen molar-refractivity contribution in [3.63, 3.8) is 0 Å². The SMILES string of the molecule is Cc1cccc(C)c1-n1c(C)c(N)c2c1c1ccccc1n2C. The summed E-state index contributed by atoms with van der Waals surface area (Å²) in [5, 5.41) is 1.24. The third kappa shape index (κ3) is 1.70. The van der Waals surface area contributed by atoms with Crippen molar-refractivity contribution in [3.8, 4) is 5.69 Å². The smallest absolute Gasteiger partial charge is 0.0911 e. The second-order valence-electron chi connectivity index (χ2n) is 6.35. The molecule has 0 amide bonds. The molecule has 2 heterocycles. The molecule has 2 aromatic heterocycles. The summed E-state index contributed by atoms with van der Waals surface area (Å²) in [5.41, 5.74) is 15.8. The lowest BCUT2D eigenvalue weighted by atomic mass is 10.1. The maximum absolute atomic E-state index is 6.50. The first-order valence-corrected chi connectivity index (χ1v) is 7.93. The molecule has 2 N–H and O–H groups in total. The fraction of sp³-hybridized carbons (Fsp3) is 0.200. The third-order valence-corrected chi connectivity index (χ3v) is 4.95. The highest BCUT2D eigenvalue weighted by atomic mass is 15.1. The predicted octanol–water partition coefficient (Wildman–Crippen LogP) is 4.63. The molecule has 23 heavy (non-hydrogen) atoms. The molecule has 0 atom stereocenters. The first kappa shape index (κ1) is 13.9. The van der Waals surface area contributed by atoms with Crippen molar-refractivity contribution in [2.75, 3.05) is 5.73 Å². The van der Waals surface area contributed by atoms with Crippen molar-refractivity contribution < 1.29 is 0 Å². The Kier molecular flexibility index (Phi) is 2.82. The Morgan fingerprint density at radius 3 is 2.17 bits per heavy atom. The van der Waals surface area contributed by atoms with Gasteiger partial charge in [-0.3, -0.25) is 0 Å². The topological polar surface area (TPSA) is 35.9 Å². The van der Waals surface area contributed by atoms with E-state index in [4.69, 9.17) is 5.73 Å². The molecule has 0 fully saturated rings. The van der Waals surface area contributed by atoms with E-state index in [9.17, 15) is 0 Å². The van der Waals surface area contributed by atoms with Crippen LogP contribution >= 0.6 is 0 Å². The van der Waals surface area contributed by atoms with Crippen LogP contribution in [0.1, 0.15) is 16.8 Å². The molecule has 0 spiro atoms. The van der Waals surface area contributed by atoms with Crippen molar-refractivity contribution in [2.24, 2.45) is 7.05 Å². The first-order chi connectivity index (χ1) is 11.0. The Morgan fingerprint density at radius 2 is 1.48 bits per heavy atom. The summed E-state index contributed by atoms with van der Waals surface area (Å²) in [6.07, 6.45) is 0. The zero-order valence-electron chi connectivity index (χ0n) is 14.0. The zero-order valence-corrected chi connectivity index (χ0v) is 14.0. The molecule has 2 aromatic carbocycles. The molecular weight excluding hydrogens is 282 g/mol.